The number of methoxy groups -OCH3 is 1. The third-order valence-corrected chi connectivity index (χ3v) is 4.69. The molecule has 0 aliphatic carbocycles. The van der Waals surface area contributed by atoms with Gasteiger partial charge in [0.15, 0.2) is 0 Å². The van der Waals surface area contributed by atoms with E-state index < -0.39 is 0 Å². The molecule has 1 aliphatic heterocycles. The highest BCUT2D eigenvalue weighted by atomic mass is 16.5. The molecule has 1 aromatic heterocycles. The number of para-hydroxylation sites is 3. The normalized spacial score (nSPS) is 15.7. The molecule has 0 saturated heterocycles. The molecule has 4 rings (SSSR count). The molecule has 1 aliphatic rings. The first-order chi connectivity index (χ1) is 13.2. The summed E-state index contributed by atoms with van der Waals surface area (Å²) in [5.74, 6) is 1.58. The molecular formula is C20H21N5O2. The Bertz CT molecular complexity index is 953. The molecular weight excluding hydrogens is 342 g/mol. The standard InChI is InChI=1S/C20H21N5O2/c1-27-18-9-5-4-8-17(18)24-16-7-3-2-6-15(16)20(26)23-14-10-11-19-21-13-22-25(19)12-14/h2-9,13-14,24H,10-12H2,1H3,(H,23,26). The summed E-state index contributed by atoms with van der Waals surface area (Å²) in [6.07, 6.45) is 3.23. The Labute approximate surface area is 157 Å². The lowest BCUT2D eigenvalue weighted by Crippen LogP contribution is -2.41. The molecule has 0 saturated carbocycles. The third-order valence-electron chi connectivity index (χ3n) is 4.69. The predicted molar refractivity (Wildman–Crippen MR) is 102 cm³/mol. The van der Waals surface area contributed by atoms with E-state index in [0.717, 1.165) is 35.8 Å². The number of rotatable bonds is 5. The quantitative estimate of drug-likeness (QED) is 0.728. The van der Waals surface area contributed by atoms with E-state index in [1.54, 1.807) is 13.4 Å². The van der Waals surface area contributed by atoms with Crippen molar-refractivity contribution in [2.24, 2.45) is 0 Å². The van der Waals surface area contributed by atoms with Crippen molar-refractivity contribution in [3.8, 4) is 5.75 Å². The smallest absolute Gasteiger partial charge is 0.253 e. The summed E-state index contributed by atoms with van der Waals surface area (Å²) < 4.78 is 7.24. The van der Waals surface area contributed by atoms with Crippen LogP contribution in [0.4, 0.5) is 11.4 Å². The molecule has 2 N–H and O–H groups in total. The first-order valence-corrected chi connectivity index (χ1v) is 8.91. The van der Waals surface area contributed by atoms with Gasteiger partial charge in [-0.25, -0.2) is 9.67 Å². The number of amides is 1. The van der Waals surface area contributed by atoms with E-state index in [1.165, 1.54) is 0 Å². The molecule has 7 nitrogen and oxygen atoms in total. The number of hydrogen-bond acceptors (Lipinski definition) is 5. The van der Waals surface area contributed by atoms with Gasteiger partial charge < -0.3 is 15.4 Å². The summed E-state index contributed by atoms with van der Waals surface area (Å²) >= 11 is 0. The molecule has 7 heteroatoms. The lowest BCUT2D eigenvalue weighted by molar-refractivity contribution is 0.0927. The van der Waals surface area contributed by atoms with Gasteiger partial charge in [-0.05, 0) is 30.7 Å². The maximum absolute atomic E-state index is 12.9. The van der Waals surface area contributed by atoms with E-state index in [1.807, 2.05) is 53.2 Å². The number of ether oxygens (including phenoxy) is 1. The maximum atomic E-state index is 12.9. The molecule has 27 heavy (non-hydrogen) atoms. The van der Waals surface area contributed by atoms with Crippen molar-refractivity contribution in [3.05, 3.63) is 66.2 Å². The Morgan fingerprint density at radius 2 is 1.93 bits per heavy atom. The van der Waals surface area contributed by atoms with Crippen LogP contribution in [0.15, 0.2) is 54.9 Å². The Kier molecular flexibility index (Phi) is 4.74. The summed E-state index contributed by atoms with van der Waals surface area (Å²) in [5, 5.41) is 10.6. The number of fused-ring (bicyclic) bond motifs is 1. The van der Waals surface area contributed by atoms with Crippen LogP contribution in [0.5, 0.6) is 5.75 Å². The Hall–Kier alpha value is -3.35. The number of carbonyl (C=O) groups excluding carboxylic acids is 1. The molecule has 0 fully saturated rings. The van der Waals surface area contributed by atoms with Gasteiger partial charge in [-0.1, -0.05) is 24.3 Å². The van der Waals surface area contributed by atoms with Gasteiger partial charge in [0, 0.05) is 12.5 Å². The summed E-state index contributed by atoms with van der Waals surface area (Å²) in [5.41, 5.74) is 2.13. The van der Waals surface area contributed by atoms with Crippen LogP contribution in [-0.2, 0) is 13.0 Å². The number of nitrogens with zero attached hydrogens (tertiary/aromatic N) is 3. The second-order valence-corrected chi connectivity index (χ2v) is 6.44. The Morgan fingerprint density at radius 3 is 2.78 bits per heavy atom. The summed E-state index contributed by atoms with van der Waals surface area (Å²) in [4.78, 5) is 17.1. The highest BCUT2D eigenvalue weighted by Crippen LogP contribution is 2.28. The number of carbonyl (C=O) groups is 1. The first kappa shape index (κ1) is 17.1. The van der Waals surface area contributed by atoms with E-state index in [9.17, 15) is 4.79 Å². The van der Waals surface area contributed by atoms with Gasteiger partial charge in [0.1, 0.15) is 17.9 Å². The zero-order valence-electron chi connectivity index (χ0n) is 15.1. The van der Waals surface area contributed by atoms with Gasteiger partial charge in [0.05, 0.1) is 30.6 Å². The van der Waals surface area contributed by atoms with E-state index in [2.05, 4.69) is 20.7 Å². The Morgan fingerprint density at radius 1 is 1.15 bits per heavy atom. The van der Waals surface area contributed by atoms with Crippen LogP contribution >= 0.6 is 0 Å². The number of benzene rings is 2. The zero-order valence-corrected chi connectivity index (χ0v) is 15.1. The first-order valence-electron chi connectivity index (χ1n) is 8.91. The largest absolute Gasteiger partial charge is 0.495 e. The fourth-order valence-electron chi connectivity index (χ4n) is 3.30. The van der Waals surface area contributed by atoms with Gasteiger partial charge in [-0.3, -0.25) is 4.79 Å². The van der Waals surface area contributed by atoms with E-state index in [0.29, 0.717) is 12.1 Å². The van der Waals surface area contributed by atoms with Crippen LogP contribution in [0.3, 0.4) is 0 Å². The van der Waals surface area contributed by atoms with Crippen molar-refractivity contribution in [3.63, 3.8) is 0 Å². The minimum absolute atomic E-state index is 0.0333. The second kappa shape index (κ2) is 7.49. The van der Waals surface area contributed by atoms with Crippen molar-refractivity contribution in [2.75, 3.05) is 12.4 Å². The van der Waals surface area contributed by atoms with Crippen LogP contribution in [-0.4, -0.2) is 33.8 Å². The number of anilines is 2. The van der Waals surface area contributed by atoms with Gasteiger partial charge in [-0.15, -0.1) is 0 Å². The van der Waals surface area contributed by atoms with Crippen LogP contribution in [0.25, 0.3) is 0 Å². The van der Waals surface area contributed by atoms with E-state index >= 15 is 0 Å². The summed E-state index contributed by atoms with van der Waals surface area (Å²) in [7, 11) is 1.63. The molecule has 138 valence electrons. The average molecular weight is 363 g/mol. The van der Waals surface area contributed by atoms with E-state index in [-0.39, 0.29) is 11.9 Å². The SMILES string of the molecule is COc1ccccc1Nc1ccccc1C(=O)NC1CCc2ncnn2C1. The lowest BCUT2D eigenvalue weighted by atomic mass is 10.1. The van der Waals surface area contributed by atoms with Crippen LogP contribution in [0, 0.1) is 0 Å². The van der Waals surface area contributed by atoms with Gasteiger partial charge >= 0.3 is 0 Å². The van der Waals surface area contributed by atoms with Gasteiger partial charge in [-0.2, -0.15) is 5.10 Å². The molecule has 0 radical (unpaired) electrons. The maximum Gasteiger partial charge on any atom is 0.253 e. The monoisotopic (exact) mass is 363 g/mol. The molecule has 2 aromatic carbocycles. The average Bonchev–Trinajstić information content (AvgIpc) is 3.16. The second-order valence-electron chi connectivity index (χ2n) is 6.44. The fraction of sp³-hybridized carbons (Fsp3) is 0.250. The molecule has 1 unspecified atom stereocenters. The van der Waals surface area contributed by atoms with Gasteiger partial charge in [0.25, 0.3) is 5.91 Å². The predicted octanol–water partition coefficient (Wildman–Crippen LogP) is 2.78. The molecule has 2 heterocycles. The molecule has 1 amide bonds. The zero-order chi connectivity index (χ0) is 18.6. The highest BCUT2D eigenvalue weighted by Gasteiger charge is 2.22. The number of aryl methyl sites for hydroxylation is 1. The fourth-order valence-corrected chi connectivity index (χ4v) is 3.30. The van der Waals surface area contributed by atoms with Gasteiger partial charge in [0.2, 0.25) is 0 Å². The van der Waals surface area contributed by atoms with Crippen molar-refractivity contribution >= 4 is 17.3 Å². The minimum Gasteiger partial charge on any atom is -0.495 e. The molecule has 1 atom stereocenters. The van der Waals surface area contributed by atoms with Crippen LogP contribution < -0.4 is 15.4 Å². The topological polar surface area (TPSA) is 81.1 Å². The van der Waals surface area contributed by atoms with Crippen LogP contribution in [0.2, 0.25) is 0 Å². The van der Waals surface area contributed by atoms with Crippen molar-refractivity contribution < 1.29 is 9.53 Å². The summed E-state index contributed by atoms with van der Waals surface area (Å²) in [6.45, 7) is 0.642. The lowest BCUT2D eigenvalue weighted by Gasteiger charge is -2.24. The van der Waals surface area contributed by atoms with E-state index in [4.69, 9.17) is 4.74 Å². The number of nitrogens with one attached hydrogen (secondary N) is 2. The van der Waals surface area contributed by atoms with Crippen molar-refractivity contribution in [2.45, 2.75) is 25.4 Å². The Balaban J connectivity index is 1.51. The van der Waals surface area contributed by atoms with Crippen molar-refractivity contribution in [1.82, 2.24) is 20.1 Å². The summed E-state index contributed by atoms with van der Waals surface area (Å²) in [6, 6.07) is 15.1. The molecule has 0 spiro atoms. The number of aromatic nitrogens is 3. The van der Waals surface area contributed by atoms with Crippen LogP contribution in [0.1, 0.15) is 22.6 Å². The molecule has 0 bridgehead atoms. The number of hydrogen-bond donors (Lipinski definition) is 2. The third kappa shape index (κ3) is 3.62. The molecule has 3 aromatic rings. The minimum atomic E-state index is -0.110. The highest BCUT2D eigenvalue weighted by molar-refractivity contribution is 6.00. The van der Waals surface area contributed by atoms with Crippen molar-refractivity contribution in [1.29, 1.82) is 0 Å².